The Morgan fingerprint density at radius 1 is 0.255 bits per heavy atom. The van der Waals surface area contributed by atoms with Gasteiger partial charge in [0.05, 0.1) is 162 Å². The molecule has 6 unspecified atom stereocenters. The minimum atomic E-state index is -4.03. The van der Waals surface area contributed by atoms with Crippen molar-refractivity contribution in [3.8, 4) is 0 Å². The molecule has 0 aromatic rings. The molecule has 0 aromatic heterocycles. The highest BCUT2D eigenvalue weighted by molar-refractivity contribution is 8.00. The summed E-state index contributed by atoms with van der Waals surface area (Å²) in [5.41, 5.74) is -5.32. The van der Waals surface area contributed by atoms with Crippen molar-refractivity contribution in [2.45, 2.75) is 164 Å². The lowest BCUT2D eigenvalue weighted by Gasteiger charge is -2.35. The number of carboxylic acids is 5. The first kappa shape index (κ1) is 131. The maximum atomic E-state index is 14.1. The number of carbonyl (C=O) groups is 22. The zero-order chi connectivity index (χ0) is 106. The third-order valence-corrected chi connectivity index (χ3v) is 26.6. The molecule has 0 spiro atoms. The van der Waals surface area contributed by atoms with Crippen LogP contribution in [0, 0.1) is 46.3 Å². The molecule has 0 saturated heterocycles. The molecule has 141 heavy (non-hydrogen) atoms. The molecule has 0 rings (SSSR count). The number of primary sulfonamides is 1. The van der Waals surface area contributed by atoms with Crippen LogP contribution in [0.5, 0.6) is 0 Å². The molecule has 55 heteroatoms. The maximum Gasteiger partial charge on any atom is 0.309 e. The minimum Gasteiger partial charge on any atom is -0.481 e. The second-order valence-corrected chi connectivity index (χ2v) is 40.9. The first-order valence-corrected chi connectivity index (χ1v) is 53.0. The Morgan fingerprint density at radius 2 is 0.426 bits per heavy atom. The van der Waals surface area contributed by atoms with E-state index >= 15 is 0 Å². The van der Waals surface area contributed by atoms with Gasteiger partial charge < -0.3 is 111 Å². The quantitative estimate of drug-likeness (QED) is 0.0259. The lowest BCUT2D eigenvalue weighted by Crippen LogP contribution is -2.51. The Kier molecular flexibility index (Phi) is 70.8. The van der Waals surface area contributed by atoms with Gasteiger partial charge in [0.2, 0.25) is 15.9 Å². The zero-order valence-electron chi connectivity index (χ0n) is 80.1. The number of nitrogens with two attached hydrogens (primary N) is 1. The lowest BCUT2D eigenvalue weighted by molar-refractivity contribution is -0.175. The molecule has 6 atom stereocenters. The van der Waals surface area contributed by atoms with E-state index in [0.717, 1.165) is 70.6 Å². The van der Waals surface area contributed by atoms with Crippen LogP contribution in [-0.4, -0.2) is 364 Å². The van der Waals surface area contributed by atoms with Gasteiger partial charge in [0.1, 0.15) is 106 Å². The predicted molar refractivity (Wildman–Crippen MR) is 502 cm³/mol. The van der Waals surface area contributed by atoms with Crippen molar-refractivity contribution in [3.05, 3.63) is 0 Å². The summed E-state index contributed by atoms with van der Waals surface area (Å²) in [5.74, 6) is -25.3. The predicted octanol–water partition coefficient (Wildman–Crippen LogP) is 3.73. The molecule has 0 aliphatic carbocycles. The molecule has 1 amide bonds. The molecular formula is C86H132N2O46S7. The van der Waals surface area contributed by atoms with Crippen LogP contribution in [0.3, 0.4) is 0 Å². The summed E-state index contributed by atoms with van der Waals surface area (Å²) in [6.07, 6.45) is -6.88. The highest BCUT2D eigenvalue weighted by atomic mass is 32.2. The van der Waals surface area contributed by atoms with E-state index in [1.165, 1.54) is 48.5 Å². The normalized spacial score (nSPS) is 13.3. The van der Waals surface area contributed by atoms with E-state index in [-0.39, 0.29) is 174 Å². The fraction of sp³-hybridized carbons (Fsp3) is 0.744. The zero-order valence-corrected chi connectivity index (χ0v) is 85.8. The molecule has 48 nitrogen and oxygen atoms in total. The number of aliphatic carboxylic acids is 5. The van der Waals surface area contributed by atoms with Gasteiger partial charge in [0.25, 0.3) is 0 Å². The van der Waals surface area contributed by atoms with Crippen LogP contribution in [-0.2, 0) is 196 Å². The number of ether oxygens (including phenoxy) is 17. The van der Waals surface area contributed by atoms with Crippen LogP contribution in [0.2, 0.25) is 0 Å². The van der Waals surface area contributed by atoms with Crippen molar-refractivity contribution in [1.29, 1.82) is 0 Å². The second-order valence-electron chi connectivity index (χ2n) is 32.4. The van der Waals surface area contributed by atoms with Crippen molar-refractivity contribution < 1.29 is 220 Å². The van der Waals surface area contributed by atoms with E-state index < -0.39 is 316 Å². The Hall–Kier alpha value is -9.69. The summed E-state index contributed by atoms with van der Waals surface area (Å²) in [5, 5.41) is 52.2. The van der Waals surface area contributed by atoms with E-state index in [0.29, 0.717) is 0 Å². The summed E-state index contributed by atoms with van der Waals surface area (Å²) < 4.78 is 116. The molecular weight excluding hydrogens is 2020 g/mol. The van der Waals surface area contributed by atoms with Crippen molar-refractivity contribution in [1.82, 2.24) is 5.32 Å². The van der Waals surface area contributed by atoms with E-state index in [1.54, 1.807) is 6.92 Å². The van der Waals surface area contributed by atoms with E-state index in [2.05, 4.69) is 5.32 Å². The average Bonchev–Trinajstić information content (AvgIpc) is 0.838. The summed E-state index contributed by atoms with van der Waals surface area (Å²) in [4.78, 5) is 276. The van der Waals surface area contributed by atoms with Gasteiger partial charge in [-0.25, -0.2) is 13.6 Å². The summed E-state index contributed by atoms with van der Waals surface area (Å²) in [6, 6.07) is 0. The molecule has 0 bridgehead atoms. The van der Waals surface area contributed by atoms with Crippen LogP contribution in [0.15, 0.2) is 0 Å². The summed E-state index contributed by atoms with van der Waals surface area (Å²) in [7, 11) is -4.03. The number of carboxylic acid groups (broad SMARTS) is 5. The number of thioether (sulfide) groups is 6. The smallest absolute Gasteiger partial charge is 0.309 e. The second kappa shape index (κ2) is 76.0. The monoisotopic (exact) mass is 2150 g/mol. The third-order valence-electron chi connectivity index (χ3n) is 18.1. The largest absolute Gasteiger partial charge is 0.481 e. The maximum absolute atomic E-state index is 14.1. The molecule has 8 N–H and O–H groups in total. The Labute approximate surface area is 841 Å². The number of esters is 16. The number of amides is 1. The molecule has 0 aliphatic heterocycles. The van der Waals surface area contributed by atoms with Crippen LogP contribution < -0.4 is 10.5 Å². The fourth-order valence-electron chi connectivity index (χ4n) is 10.3. The number of nitrogens with one attached hydrogen (secondary N) is 1. The fourth-order valence-corrected chi connectivity index (χ4v) is 17.2. The first-order valence-electron chi connectivity index (χ1n) is 44.4. The molecule has 0 radical (unpaired) electrons. The molecule has 804 valence electrons. The summed E-state index contributed by atoms with van der Waals surface area (Å²) in [6.45, 7) is 1.56. The SMILES string of the molecule is CC(CSCCC(=O)OCC(COCC(COC(=O)CCSCC(C)C(=O)OCCOC(=O)CCC(=O)O)(COC(=O)CCSCC(C)C(=O)OCCOC(=O)CCC(=O)O)COC(=O)CCSCC(C)C(=O)OCCOC(=O)CCC(=O)O)(COC(=O)CCSCC(C)C(=O)OCCOC(=O)CCC(=O)O)COC(=O)CCSCC(C)C(=O)OCCOC(=O)CCC(=O)O)C(=O)NC(C)(C)CS(N)(=O)=O. The van der Waals surface area contributed by atoms with Gasteiger partial charge in [-0.05, 0) is 13.8 Å². The molecule has 0 aromatic carbocycles. The topological polar surface area (TPSA) is 706 Å². The number of sulfonamides is 1. The van der Waals surface area contributed by atoms with Crippen molar-refractivity contribution in [3.63, 3.8) is 0 Å². The van der Waals surface area contributed by atoms with Crippen LogP contribution in [0.25, 0.3) is 0 Å². The molecule has 0 fully saturated rings. The highest BCUT2D eigenvalue weighted by Crippen LogP contribution is 2.29. The Morgan fingerprint density at radius 3 is 0.603 bits per heavy atom. The Bertz CT molecular complexity index is 3840. The molecule has 0 heterocycles. The van der Waals surface area contributed by atoms with Crippen LogP contribution in [0.1, 0.15) is 158 Å². The van der Waals surface area contributed by atoms with Gasteiger partial charge in [0, 0.05) is 80.5 Å². The average molecular weight is 2150 g/mol. The van der Waals surface area contributed by atoms with E-state index in [4.69, 9.17) is 111 Å². The van der Waals surface area contributed by atoms with E-state index in [9.17, 15) is 114 Å². The van der Waals surface area contributed by atoms with Crippen molar-refractivity contribution >= 4 is 212 Å². The minimum absolute atomic E-state index is 0.0143. The van der Waals surface area contributed by atoms with Gasteiger partial charge in [-0.1, -0.05) is 41.5 Å². The lowest BCUT2D eigenvalue weighted by atomic mass is 9.90. The highest BCUT2D eigenvalue weighted by Gasteiger charge is 2.42. The van der Waals surface area contributed by atoms with E-state index in [1.807, 2.05) is 0 Å². The number of rotatable bonds is 85. The van der Waals surface area contributed by atoms with Gasteiger partial charge in [-0.15, -0.1) is 0 Å². The van der Waals surface area contributed by atoms with Crippen LogP contribution in [0.4, 0.5) is 0 Å². The van der Waals surface area contributed by atoms with Gasteiger partial charge in [-0.3, -0.25) is 105 Å². The molecule has 0 aliphatic rings. The standard InChI is InChI=1S/C86H132N2O46S7/c1-56(78(110)88-84(7,8)55-141(87,116)117)41-135-35-19-72(104)129-49-85(50-130-73(105)20-36-136-42-57(2)79(111)124-30-25-119-67(99)14-9-62(89)90,51-131-74(106)21-37-137-43-58(3)80(112)125-31-26-120-68(100)15-10-63(91)92)47-118-48-86(52-132-75(107)22-38-138-44-59(4)81(113)126-32-27-121-69(101)16-11-64(93)94,53-133-76(108)23-39-139-45-60(5)82(114)127-33-28-122-70(102)17-12-65(95)96)54-134-77(109)24-40-140-46-61(6)83(115)128-34-29-123-71(103)18-13-66(97)98/h56-61H,9-55H2,1-8H3,(H,88,110)(H,89,90)(H,91,92)(H,93,94)(H,95,96)(H,97,98)(H2,87,116,117). The number of carbonyl (C=O) groups excluding carboxylic acids is 17. The number of hydrogen-bond acceptors (Lipinski definition) is 47. The van der Waals surface area contributed by atoms with Gasteiger partial charge >= 0.3 is 125 Å². The Balaban J connectivity index is 8.14. The third kappa shape index (κ3) is 73.1. The van der Waals surface area contributed by atoms with Gasteiger partial charge in [-0.2, -0.15) is 70.6 Å². The van der Waals surface area contributed by atoms with Gasteiger partial charge in [0.15, 0.2) is 0 Å². The number of hydrogen-bond donors (Lipinski definition) is 7. The van der Waals surface area contributed by atoms with Crippen LogP contribution >= 0.6 is 70.6 Å². The first-order chi connectivity index (χ1) is 66.4. The molecule has 0 saturated carbocycles. The summed E-state index contributed by atoms with van der Waals surface area (Å²) >= 11 is 6.60. The van der Waals surface area contributed by atoms with Crippen molar-refractivity contribution in [2.75, 3.05) is 194 Å². The van der Waals surface area contributed by atoms with Crippen molar-refractivity contribution in [2.24, 2.45) is 51.5 Å².